The van der Waals surface area contributed by atoms with E-state index in [1.807, 2.05) is 31.4 Å². The molecule has 6 nitrogen and oxygen atoms in total. The number of rotatable bonds is 8. The number of esters is 1. The molecule has 0 aromatic heterocycles. The average Bonchev–Trinajstić information content (AvgIpc) is 2.88. The molecule has 4 rings (SSSR count). The van der Waals surface area contributed by atoms with Crippen LogP contribution in [0.1, 0.15) is 57.6 Å². The van der Waals surface area contributed by atoms with Gasteiger partial charge in [0.15, 0.2) is 0 Å². The standard InChI is InChI=1S/C31H40Cl2N2O4/c1-21(2)19-35(29(37)16-23-9-10-27(32)28(33)15-23)25-11-12-31(38-5)20-34(4)14-13-30(31,18-25)24-7-6-8-26(17-24)39-22(3)36/h6-10,15,17,21,25H,11-14,16,18-20H2,1-5H3/t25-,30+,31+/m1/s1. The van der Waals surface area contributed by atoms with Gasteiger partial charge in [-0.25, -0.2) is 0 Å². The Morgan fingerprint density at radius 3 is 2.56 bits per heavy atom. The fraction of sp³-hybridized carbons (Fsp3) is 0.548. The van der Waals surface area contributed by atoms with Crippen LogP contribution in [0, 0.1) is 5.92 Å². The lowest BCUT2D eigenvalue weighted by Gasteiger charge is -2.60. The van der Waals surface area contributed by atoms with Crippen LogP contribution in [-0.4, -0.2) is 67.1 Å². The summed E-state index contributed by atoms with van der Waals surface area (Å²) < 4.78 is 11.9. The highest BCUT2D eigenvalue weighted by molar-refractivity contribution is 6.42. The van der Waals surface area contributed by atoms with Gasteiger partial charge in [0, 0.05) is 38.6 Å². The molecular formula is C31H40Cl2N2O4. The zero-order chi connectivity index (χ0) is 28.4. The van der Waals surface area contributed by atoms with E-state index in [9.17, 15) is 9.59 Å². The van der Waals surface area contributed by atoms with Gasteiger partial charge < -0.3 is 19.3 Å². The van der Waals surface area contributed by atoms with Crippen LogP contribution in [0.3, 0.4) is 0 Å². The maximum absolute atomic E-state index is 13.9. The topological polar surface area (TPSA) is 59.1 Å². The first kappa shape index (κ1) is 29.9. The maximum atomic E-state index is 13.9. The summed E-state index contributed by atoms with van der Waals surface area (Å²) in [5.41, 5.74) is 1.20. The number of amides is 1. The smallest absolute Gasteiger partial charge is 0.308 e. The molecule has 1 aliphatic heterocycles. The third-order valence-corrected chi connectivity index (χ3v) is 9.22. The molecule has 0 N–H and O–H groups in total. The number of carbonyl (C=O) groups is 2. The number of piperidine rings is 1. The van der Waals surface area contributed by atoms with Crippen LogP contribution < -0.4 is 4.74 Å². The van der Waals surface area contributed by atoms with Gasteiger partial charge in [-0.15, -0.1) is 0 Å². The Bertz CT molecular complexity index is 1200. The van der Waals surface area contributed by atoms with E-state index in [4.69, 9.17) is 32.7 Å². The van der Waals surface area contributed by atoms with Gasteiger partial charge in [-0.3, -0.25) is 9.59 Å². The van der Waals surface area contributed by atoms with Gasteiger partial charge in [-0.1, -0.05) is 55.2 Å². The number of hydrogen-bond acceptors (Lipinski definition) is 5. The summed E-state index contributed by atoms with van der Waals surface area (Å²) in [7, 11) is 3.95. The van der Waals surface area contributed by atoms with Crippen molar-refractivity contribution in [2.45, 2.75) is 69.9 Å². The predicted molar refractivity (Wildman–Crippen MR) is 156 cm³/mol. The van der Waals surface area contributed by atoms with Crippen LogP contribution in [-0.2, 0) is 26.2 Å². The van der Waals surface area contributed by atoms with Crippen molar-refractivity contribution in [3.63, 3.8) is 0 Å². The number of benzene rings is 2. The van der Waals surface area contributed by atoms with Gasteiger partial charge in [0.2, 0.25) is 5.91 Å². The quantitative estimate of drug-likeness (QED) is 0.279. The molecule has 2 fully saturated rings. The van der Waals surface area contributed by atoms with Crippen molar-refractivity contribution in [1.82, 2.24) is 9.80 Å². The zero-order valence-electron chi connectivity index (χ0n) is 23.6. The normalized spacial score (nSPS) is 25.3. The van der Waals surface area contributed by atoms with Gasteiger partial charge in [0.25, 0.3) is 0 Å². The number of nitrogens with zero attached hydrogens (tertiary/aromatic N) is 2. The molecule has 1 heterocycles. The molecule has 1 saturated heterocycles. The van der Waals surface area contributed by atoms with Crippen LogP contribution in [0.5, 0.6) is 5.75 Å². The number of likely N-dealkylation sites (N-methyl/N-ethyl adjacent to an activating group) is 1. The molecule has 0 bridgehead atoms. The summed E-state index contributed by atoms with van der Waals surface area (Å²) in [6.07, 6.45) is 3.61. The highest BCUT2D eigenvalue weighted by Gasteiger charge is 2.59. The Morgan fingerprint density at radius 2 is 1.90 bits per heavy atom. The summed E-state index contributed by atoms with van der Waals surface area (Å²) in [4.78, 5) is 30.0. The zero-order valence-corrected chi connectivity index (χ0v) is 25.1. The fourth-order valence-electron chi connectivity index (χ4n) is 6.74. The lowest BCUT2D eigenvalue weighted by molar-refractivity contribution is -0.159. The molecule has 1 amide bonds. The Balaban J connectivity index is 1.72. The first-order valence-corrected chi connectivity index (χ1v) is 14.5. The molecule has 8 heteroatoms. The highest BCUT2D eigenvalue weighted by atomic mass is 35.5. The van der Waals surface area contributed by atoms with E-state index in [0.717, 1.165) is 49.9 Å². The Hall–Kier alpha value is -2.12. The van der Waals surface area contributed by atoms with E-state index in [2.05, 4.69) is 36.8 Å². The van der Waals surface area contributed by atoms with Gasteiger partial charge >= 0.3 is 5.97 Å². The second-order valence-corrected chi connectivity index (χ2v) is 12.5. The molecule has 3 atom stereocenters. The van der Waals surface area contributed by atoms with Crippen molar-refractivity contribution in [3.05, 3.63) is 63.6 Å². The lowest BCUT2D eigenvalue weighted by Crippen LogP contribution is -2.67. The Kier molecular flexibility index (Phi) is 9.32. The minimum absolute atomic E-state index is 0.0479. The van der Waals surface area contributed by atoms with Crippen molar-refractivity contribution >= 4 is 35.1 Å². The van der Waals surface area contributed by atoms with Gasteiger partial charge in [0.1, 0.15) is 5.75 Å². The summed E-state index contributed by atoms with van der Waals surface area (Å²) in [6.45, 7) is 8.10. The van der Waals surface area contributed by atoms with Crippen molar-refractivity contribution in [2.24, 2.45) is 5.92 Å². The summed E-state index contributed by atoms with van der Waals surface area (Å²) in [6, 6.07) is 13.3. The molecule has 212 valence electrons. The van der Waals surface area contributed by atoms with Crippen LogP contribution >= 0.6 is 23.2 Å². The largest absolute Gasteiger partial charge is 0.427 e. The van der Waals surface area contributed by atoms with Gasteiger partial charge in [-0.2, -0.15) is 0 Å². The van der Waals surface area contributed by atoms with Crippen molar-refractivity contribution in [1.29, 1.82) is 0 Å². The highest BCUT2D eigenvalue weighted by Crippen LogP contribution is 2.54. The van der Waals surface area contributed by atoms with Crippen LogP contribution in [0.4, 0.5) is 0 Å². The minimum Gasteiger partial charge on any atom is -0.427 e. The second kappa shape index (κ2) is 12.2. The number of fused-ring (bicyclic) bond motifs is 1. The number of carbonyl (C=O) groups excluding carboxylic acids is 2. The molecule has 0 unspecified atom stereocenters. The third kappa shape index (κ3) is 6.30. The van der Waals surface area contributed by atoms with Gasteiger partial charge in [0.05, 0.1) is 22.1 Å². The third-order valence-electron chi connectivity index (χ3n) is 8.48. The number of methoxy groups -OCH3 is 1. The fourth-order valence-corrected chi connectivity index (χ4v) is 7.06. The van der Waals surface area contributed by atoms with E-state index in [1.54, 1.807) is 12.1 Å². The summed E-state index contributed by atoms with van der Waals surface area (Å²) in [5.74, 6) is 0.602. The average molecular weight is 576 g/mol. The van der Waals surface area contributed by atoms with Gasteiger partial charge in [-0.05, 0) is 80.6 Å². The first-order chi connectivity index (χ1) is 18.5. The van der Waals surface area contributed by atoms with Crippen molar-refractivity contribution < 1.29 is 19.1 Å². The molecule has 2 aliphatic rings. The van der Waals surface area contributed by atoms with E-state index < -0.39 is 5.60 Å². The lowest BCUT2D eigenvalue weighted by atomic mass is 9.55. The molecule has 2 aromatic rings. The van der Waals surface area contributed by atoms with Crippen molar-refractivity contribution in [2.75, 3.05) is 33.8 Å². The predicted octanol–water partition coefficient (Wildman–Crippen LogP) is 6.16. The van der Waals surface area contributed by atoms with E-state index in [-0.39, 0.29) is 29.8 Å². The SMILES string of the molecule is CO[C@]12CC[C@@H](N(CC(C)C)C(=O)Cc3ccc(Cl)c(Cl)c3)C[C@]1(c1cccc(OC(C)=O)c1)CCN(C)C2. The molecule has 0 spiro atoms. The number of halogens is 2. The second-order valence-electron chi connectivity index (χ2n) is 11.7. The minimum atomic E-state index is -0.415. The monoisotopic (exact) mass is 574 g/mol. The maximum Gasteiger partial charge on any atom is 0.308 e. The van der Waals surface area contributed by atoms with Crippen LogP contribution in [0.15, 0.2) is 42.5 Å². The molecular weight excluding hydrogens is 535 g/mol. The van der Waals surface area contributed by atoms with Crippen LogP contribution in [0.2, 0.25) is 10.0 Å². The van der Waals surface area contributed by atoms with Crippen LogP contribution in [0.25, 0.3) is 0 Å². The first-order valence-electron chi connectivity index (χ1n) is 13.7. The number of ether oxygens (including phenoxy) is 2. The molecule has 2 aromatic carbocycles. The van der Waals surface area contributed by atoms with E-state index in [0.29, 0.717) is 28.3 Å². The molecule has 1 aliphatic carbocycles. The molecule has 1 saturated carbocycles. The molecule has 39 heavy (non-hydrogen) atoms. The Morgan fingerprint density at radius 1 is 1.13 bits per heavy atom. The van der Waals surface area contributed by atoms with E-state index in [1.165, 1.54) is 6.92 Å². The van der Waals surface area contributed by atoms with Crippen molar-refractivity contribution in [3.8, 4) is 5.75 Å². The molecule has 0 radical (unpaired) electrons. The number of hydrogen-bond donors (Lipinski definition) is 0. The summed E-state index contributed by atoms with van der Waals surface area (Å²) in [5, 5.41) is 0.938. The van der Waals surface area contributed by atoms with E-state index >= 15 is 0 Å². The number of likely N-dealkylation sites (tertiary alicyclic amines) is 1. The summed E-state index contributed by atoms with van der Waals surface area (Å²) >= 11 is 12.4. The Labute approximate surface area is 242 Å².